The Morgan fingerprint density at radius 1 is 1.35 bits per heavy atom. The molecule has 0 heterocycles. The highest BCUT2D eigenvalue weighted by molar-refractivity contribution is 7.89. The summed E-state index contributed by atoms with van der Waals surface area (Å²) in [5.41, 5.74) is -0.263. The van der Waals surface area contributed by atoms with Gasteiger partial charge in [-0.1, -0.05) is 18.9 Å². The van der Waals surface area contributed by atoms with Crippen molar-refractivity contribution < 1.29 is 13.3 Å². The quantitative estimate of drug-likeness (QED) is 0.205. The van der Waals surface area contributed by atoms with Gasteiger partial charge in [0.05, 0.1) is 16.4 Å². The average molecular weight is 383 g/mol. The molecule has 0 aromatic heterocycles. The lowest BCUT2D eigenvalue weighted by Crippen LogP contribution is -2.42. The molecule has 2 rings (SSSR count). The molecular weight excluding hydrogens is 358 g/mol. The number of non-ortho nitro benzene ring substituents is 1. The zero-order valence-electron chi connectivity index (χ0n) is 14.8. The van der Waals surface area contributed by atoms with Gasteiger partial charge in [0, 0.05) is 31.3 Å². The summed E-state index contributed by atoms with van der Waals surface area (Å²) >= 11 is 0. The number of nitrogens with one attached hydrogen (secondary N) is 3. The number of nitro benzene ring substituents is 1. The summed E-state index contributed by atoms with van der Waals surface area (Å²) in [4.78, 5) is 14.4. The van der Waals surface area contributed by atoms with Gasteiger partial charge in [-0.3, -0.25) is 15.1 Å². The lowest BCUT2D eigenvalue weighted by molar-refractivity contribution is -0.385. The topological polar surface area (TPSA) is 126 Å². The number of rotatable bonds is 8. The number of hydrogen-bond donors (Lipinski definition) is 3. The van der Waals surface area contributed by atoms with Gasteiger partial charge in [-0.25, -0.2) is 13.1 Å². The van der Waals surface area contributed by atoms with Crippen molar-refractivity contribution in [3.63, 3.8) is 0 Å². The molecule has 1 aliphatic rings. The Morgan fingerprint density at radius 3 is 2.73 bits per heavy atom. The summed E-state index contributed by atoms with van der Waals surface area (Å²) in [5, 5.41) is 17.3. The summed E-state index contributed by atoms with van der Waals surface area (Å²) < 4.78 is 26.9. The van der Waals surface area contributed by atoms with E-state index >= 15 is 0 Å². The lowest BCUT2D eigenvalue weighted by atomic mass is 10.2. The molecule has 3 N–H and O–H groups in total. The van der Waals surface area contributed by atoms with E-state index in [1.807, 2.05) is 6.92 Å². The highest BCUT2D eigenvalue weighted by atomic mass is 32.2. The fraction of sp³-hybridized carbons (Fsp3) is 0.562. The zero-order valence-corrected chi connectivity index (χ0v) is 15.6. The number of benzene rings is 1. The predicted molar refractivity (Wildman–Crippen MR) is 99.7 cm³/mol. The standard InChI is InChI=1S/C16H25N5O4S/c1-2-17-16(20-13-6-3-4-7-13)18-10-11-19-26(24,25)15-9-5-8-14(12-15)21(22)23/h5,8-9,12-13,19H,2-4,6-7,10-11H2,1H3,(H2,17,18,20). The van der Waals surface area contributed by atoms with Gasteiger partial charge in [-0.2, -0.15) is 0 Å². The molecule has 0 aliphatic heterocycles. The number of nitro groups is 1. The molecule has 1 aliphatic carbocycles. The molecule has 0 radical (unpaired) electrons. The molecule has 0 saturated heterocycles. The molecule has 1 aromatic carbocycles. The lowest BCUT2D eigenvalue weighted by Gasteiger charge is -2.16. The van der Waals surface area contributed by atoms with Gasteiger partial charge in [0.1, 0.15) is 0 Å². The summed E-state index contributed by atoms with van der Waals surface area (Å²) in [6.45, 7) is 3.05. The van der Waals surface area contributed by atoms with Crippen molar-refractivity contribution in [2.45, 2.75) is 43.5 Å². The molecule has 26 heavy (non-hydrogen) atoms. The Hall–Kier alpha value is -2.20. The van der Waals surface area contributed by atoms with Gasteiger partial charge >= 0.3 is 0 Å². The Kier molecular flexibility index (Phi) is 7.34. The smallest absolute Gasteiger partial charge is 0.270 e. The minimum absolute atomic E-state index is 0.103. The van der Waals surface area contributed by atoms with Crippen LogP contribution in [-0.4, -0.2) is 45.0 Å². The average Bonchev–Trinajstić information content (AvgIpc) is 3.12. The maximum absolute atomic E-state index is 12.2. The number of guanidine groups is 1. The maximum atomic E-state index is 12.2. The third-order valence-corrected chi connectivity index (χ3v) is 5.51. The van der Waals surface area contributed by atoms with Crippen LogP contribution >= 0.6 is 0 Å². The van der Waals surface area contributed by atoms with E-state index in [4.69, 9.17) is 0 Å². The first-order chi connectivity index (χ1) is 12.4. The van der Waals surface area contributed by atoms with Crippen molar-refractivity contribution in [1.82, 2.24) is 15.4 Å². The first kappa shape index (κ1) is 20.1. The summed E-state index contributed by atoms with van der Waals surface area (Å²) in [6, 6.07) is 5.37. The molecule has 1 fully saturated rings. The molecule has 0 spiro atoms. The number of nitrogens with zero attached hydrogens (tertiary/aromatic N) is 2. The second-order valence-electron chi connectivity index (χ2n) is 6.04. The molecular formula is C16H25N5O4S. The van der Waals surface area contributed by atoms with E-state index in [1.165, 1.54) is 31.0 Å². The van der Waals surface area contributed by atoms with Crippen LogP contribution in [0.5, 0.6) is 0 Å². The van der Waals surface area contributed by atoms with Crippen LogP contribution < -0.4 is 15.4 Å². The molecule has 0 atom stereocenters. The van der Waals surface area contributed by atoms with Crippen molar-refractivity contribution in [2.24, 2.45) is 4.99 Å². The summed E-state index contributed by atoms with van der Waals surface area (Å²) in [6.07, 6.45) is 4.65. The Balaban J connectivity index is 1.91. The van der Waals surface area contributed by atoms with Crippen LogP contribution in [0.2, 0.25) is 0 Å². The van der Waals surface area contributed by atoms with Crippen LogP contribution in [0, 0.1) is 10.1 Å². The van der Waals surface area contributed by atoms with Gasteiger partial charge in [0.15, 0.2) is 5.96 Å². The highest BCUT2D eigenvalue weighted by Gasteiger charge is 2.18. The molecule has 10 heteroatoms. The highest BCUT2D eigenvalue weighted by Crippen LogP contribution is 2.18. The zero-order chi connectivity index (χ0) is 19.0. The van der Waals surface area contributed by atoms with E-state index in [0.29, 0.717) is 12.0 Å². The van der Waals surface area contributed by atoms with E-state index < -0.39 is 14.9 Å². The van der Waals surface area contributed by atoms with Gasteiger partial charge < -0.3 is 10.6 Å². The van der Waals surface area contributed by atoms with E-state index in [1.54, 1.807) is 0 Å². The third kappa shape index (κ3) is 5.95. The third-order valence-electron chi connectivity index (χ3n) is 4.05. The Labute approximate surface area is 153 Å². The molecule has 0 bridgehead atoms. The monoisotopic (exact) mass is 383 g/mol. The van der Waals surface area contributed by atoms with E-state index in [2.05, 4.69) is 20.3 Å². The van der Waals surface area contributed by atoms with Crippen molar-refractivity contribution in [1.29, 1.82) is 0 Å². The summed E-state index contributed by atoms with van der Waals surface area (Å²) in [5.74, 6) is 0.675. The van der Waals surface area contributed by atoms with Crippen molar-refractivity contribution in [2.75, 3.05) is 19.6 Å². The number of hydrogen-bond acceptors (Lipinski definition) is 5. The molecule has 0 unspecified atom stereocenters. The van der Waals surface area contributed by atoms with Gasteiger partial charge in [0.25, 0.3) is 5.69 Å². The molecule has 1 aromatic rings. The van der Waals surface area contributed by atoms with E-state index in [0.717, 1.165) is 25.5 Å². The second kappa shape index (κ2) is 9.48. The maximum Gasteiger partial charge on any atom is 0.270 e. The van der Waals surface area contributed by atoms with E-state index in [9.17, 15) is 18.5 Å². The Bertz CT molecular complexity index is 745. The van der Waals surface area contributed by atoms with Crippen molar-refractivity contribution in [3.8, 4) is 0 Å². The fourth-order valence-electron chi connectivity index (χ4n) is 2.78. The molecule has 0 amide bonds. The normalized spacial score (nSPS) is 15.8. The van der Waals surface area contributed by atoms with Crippen LogP contribution in [0.25, 0.3) is 0 Å². The Morgan fingerprint density at radius 2 is 2.08 bits per heavy atom. The van der Waals surface area contributed by atoms with Crippen LogP contribution in [0.1, 0.15) is 32.6 Å². The largest absolute Gasteiger partial charge is 0.357 e. The van der Waals surface area contributed by atoms with Gasteiger partial charge in [-0.15, -0.1) is 0 Å². The predicted octanol–water partition coefficient (Wildman–Crippen LogP) is 1.37. The fourth-order valence-corrected chi connectivity index (χ4v) is 3.84. The number of aliphatic imine (C=N–C) groups is 1. The molecule has 144 valence electrons. The first-order valence-corrected chi connectivity index (χ1v) is 10.2. The summed E-state index contributed by atoms with van der Waals surface area (Å²) in [7, 11) is -3.81. The van der Waals surface area contributed by atoms with E-state index in [-0.39, 0.29) is 23.7 Å². The minimum Gasteiger partial charge on any atom is -0.357 e. The second-order valence-corrected chi connectivity index (χ2v) is 7.81. The van der Waals surface area contributed by atoms with Crippen LogP contribution in [0.4, 0.5) is 5.69 Å². The van der Waals surface area contributed by atoms with Crippen LogP contribution in [-0.2, 0) is 10.0 Å². The SMILES string of the molecule is CCNC(=NCCNS(=O)(=O)c1cccc([N+](=O)[O-])c1)NC1CCCC1. The molecule has 1 saturated carbocycles. The minimum atomic E-state index is -3.81. The van der Waals surface area contributed by atoms with Crippen molar-refractivity contribution >= 4 is 21.7 Å². The van der Waals surface area contributed by atoms with Crippen molar-refractivity contribution in [3.05, 3.63) is 34.4 Å². The molecule has 9 nitrogen and oxygen atoms in total. The van der Waals surface area contributed by atoms with Gasteiger partial charge in [0.2, 0.25) is 10.0 Å². The van der Waals surface area contributed by atoms with Gasteiger partial charge in [-0.05, 0) is 25.8 Å². The first-order valence-electron chi connectivity index (χ1n) is 8.71. The van der Waals surface area contributed by atoms with Crippen LogP contribution in [0.3, 0.4) is 0 Å². The van der Waals surface area contributed by atoms with Crippen LogP contribution in [0.15, 0.2) is 34.2 Å². The number of sulfonamides is 1.